The molecule has 2 aromatic heterocycles. The summed E-state index contributed by atoms with van der Waals surface area (Å²) in [6.07, 6.45) is 2.70. The Labute approximate surface area is 201 Å². The molecule has 0 amide bonds. The summed E-state index contributed by atoms with van der Waals surface area (Å²) in [5.41, 5.74) is 1.01. The lowest BCUT2D eigenvalue weighted by atomic mass is 10.1. The van der Waals surface area contributed by atoms with Crippen LogP contribution in [-0.2, 0) is 9.47 Å². The molecule has 0 saturated heterocycles. The lowest BCUT2D eigenvalue weighted by Crippen LogP contribution is -2.11. The van der Waals surface area contributed by atoms with Crippen LogP contribution in [0.1, 0.15) is 46.9 Å². The molecule has 1 N–H and O–H groups in total. The number of carbonyl (C=O) groups is 1. The molecule has 1 aromatic carbocycles. The molecule has 0 aliphatic heterocycles. The molecule has 0 radical (unpaired) electrons. The van der Waals surface area contributed by atoms with E-state index in [1.807, 2.05) is 24.3 Å². The number of carbonyl (C=O) groups excluding carboxylic acids is 1. The minimum absolute atomic E-state index is 0.133. The molecular weight excluding hydrogens is 464 g/mol. The minimum atomic E-state index is -0.508. The molecule has 0 unspecified atom stereocenters. The van der Waals surface area contributed by atoms with Gasteiger partial charge in [0.2, 0.25) is 0 Å². The van der Waals surface area contributed by atoms with Gasteiger partial charge in [-0.1, -0.05) is 37.6 Å². The first-order valence-electron chi connectivity index (χ1n) is 10.6. The number of nitrogens with zero attached hydrogens (tertiary/aromatic N) is 1. The van der Waals surface area contributed by atoms with Crippen LogP contribution in [-0.4, -0.2) is 42.9 Å². The number of H-pyrrole nitrogens is 1. The molecule has 3 rings (SSSR count). The maximum absolute atomic E-state index is 12.7. The van der Waals surface area contributed by atoms with Crippen molar-refractivity contribution in [2.75, 3.05) is 26.9 Å². The minimum Gasteiger partial charge on any atom is -0.494 e. The van der Waals surface area contributed by atoms with E-state index in [-0.39, 0.29) is 23.0 Å². The molecule has 176 valence electrons. The van der Waals surface area contributed by atoms with Crippen LogP contribution in [0.25, 0.3) is 21.3 Å². The number of nitrogens with one attached hydrogen (secondary N) is 1. The fourth-order valence-corrected chi connectivity index (χ4v) is 4.31. The predicted octanol–water partition coefficient (Wildman–Crippen LogP) is 5.26. The van der Waals surface area contributed by atoms with Crippen LogP contribution < -0.4 is 10.3 Å². The third-order valence-corrected chi connectivity index (χ3v) is 6.32. The first-order valence-corrected chi connectivity index (χ1v) is 11.8. The van der Waals surface area contributed by atoms with Gasteiger partial charge >= 0.3 is 5.97 Å². The number of ether oxygens (including phenoxy) is 3. The molecule has 0 saturated carbocycles. The van der Waals surface area contributed by atoms with Crippen LogP contribution in [0.4, 0.5) is 0 Å². The monoisotopic (exact) mass is 490 g/mol. The van der Waals surface area contributed by atoms with Gasteiger partial charge in [0.15, 0.2) is 5.82 Å². The average molecular weight is 491 g/mol. The van der Waals surface area contributed by atoms with Crippen molar-refractivity contribution in [1.82, 2.24) is 9.97 Å². The summed E-state index contributed by atoms with van der Waals surface area (Å²) in [5, 5.41) is 0.632. The van der Waals surface area contributed by atoms with Gasteiger partial charge in [0, 0.05) is 7.11 Å². The second-order valence-corrected chi connectivity index (χ2v) is 9.28. The Morgan fingerprint density at radius 2 is 1.94 bits per heavy atom. The number of thiophene rings is 1. The van der Waals surface area contributed by atoms with E-state index in [9.17, 15) is 9.59 Å². The number of hydrogen-bond donors (Lipinski definition) is 1. The van der Waals surface area contributed by atoms with Crippen LogP contribution >= 0.6 is 22.9 Å². The molecule has 0 bridgehead atoms. The van der Waals surface area contributed by atoms with Gasteiger partial charge in [-0.05, 0) is 48.6 Å². The van der Waals surface area contributed by atoms with Gasteiger partial charge in [-0.2, -0.15) is 0 Å². The van der Waals surface area contributed by atoms with E-state index in [0.29, 0.717) is 39.8 Å². The first kappa shape index (κ1) is 25.0. The molecule has 0 spiro atoms. The highest BCUT2D eigenvalue weighted by molar-refractivity contribution is 7.20. The maximum Gasteiger partial charge on any atom is 0.348 e. The van der Waals surface area contributed by atoms with Crippen LogP contribution in [0.3, 0.4) is 0 Å². The lowest BCUT2D eigenvalue weighted by molar-refractivity contribution is 0.0393. The second-order valence-electron chi connectivity index (χ2n) is 7.87. The summed E-state index contributed by atoms with van der Waals surface area (Å²) in [5.74, 6) is 1.09. The van der Waals surface area contributed by atoms with Crippen molar-refractivity contribution in [2.45, 2.75) is 27.2 Å². The molecule has 0 atom stereocenters. The van der Waals surface area contributed by atoms with E-state index < -0.39 is 5.97 Å². The van der Waals surface area contributed by atoms with Gasteiger partial charge < -0.3 is 19.2 Å². The number of halogens is 1. The Morgan fingerprint density at radius 3 is 2.61 bits per heavy atom. The van der Waals surface area contributed by atoms with Crippen LogP contribution in [0, 0.1) is 12.8 Å². The van der Waals surface area contributed by atoms with E-state index in [4.69, 9.17) is 25.8 Å². The summed E-state index contributed by atoms with van der Waals surface area (Å²) in [6.45, 7) is 7.10. The Kier molecular flexibility index (Phi) is 8.66. The lowest BCUT2D eigenvalue weighted by Gasteiger charge is -2.08. The highest BCUT2D eigenvalue weighted by atomic mass is 35.5. The molecule has 9 heteroatoms. The molecule has 0 fully saturated rings. The smallest absolute Gasteiger partial charge is 0.348 e. The van der Waals surface area contributed by atoms with Gasteiger partial charge in [-0.15, -0.1) is 11.3 Å². The molecule has 33 heavy (non-hydrogen) atoms. The number of aromatic nitrogens is 2. The van der Waals surface area contributed by atoms with Gasteiger partial charge in [0.05, 0.1) is 23.6 Å². The van der Waals surface area contributed by atoms with Crippen molar-refractivity contribution < 1.29 is 19.0 Å². The third-order valence-electron chi connectivity index (χ3n) is 4.87. The topological polar surface area (TPSA) is 90.5 Å². The van der Waals surface area contributed by atoms with E-state index in [1.165, 1.54) is 7.11 Å². The third kappa shape index (κ3) is 6.43. The summed E-state index contributed by atoms with van der Waals surface area (Å²) in [4.78, 5) is 33.0. The average Bonchev–Trinajstić information content (AvgIpc) is 3.11. The van der Waals surface area contributed by atoms with Gasteiger partial charge in [0.25, 0.3) is 5.56 Å². The van der Waals surface area contributed by atoms with Crippen molar-refractivity contribution in [3.8, 4) is 5.75 Å². The number of fused-ring (bicyclic) bond motifs is 1. The zero-order chi connectivity index (χ0) is 24.0. The van der Waals surface area contributed by atoms with Crippen LogP contribution in [0.5, 0.6) is 5.75 Å². The Hall–Kier alpha value is -2.68. The normalized spacial score (nSPS) is 11.9. The molecule has 0 aliphatic rings. The van der Waals surface area contributed by atoms with Gasteiger partial charge in [-0.3, -0.25) is 4.79 Å². The van der Waals surface area contributed by atoms with Crippen molar-refractivity contribution in [1.29, 1.82) is 0 Å². The molecule has 2 heterocycles. The fraction of sp³-hybridized carbons (Fsp3) is 0.375. The standard InChI is InChI=1S/C24H27ClN2O5S/c1-14(2)9-10-31-17-7-5-16(6-8-17)13-18(25)21-26-22(28)19-15(3)20(33-23(19)27-21)24(29)32-12-11-30-4/h5-8,13-14H,9-12H2,1-4H3,(H,26,27,28)/b18-13-. The number of benzene rings is 1. The summed E-state index contributed by atoms with van der Waals surface area (Å²) >= 11 is 7.57. The van der Waals surface area contributed by atoms with Crippen LogP contribution in [0.2, 0.25) is 0 Å². The Bertz CT molecular complexity index is 1200. The van der Waals surface area contributed by atoms with E-state index in [2.05, 4.69) is 23.8 Å². The molecule has 3 aromatic rings. The molecule has 7 nitrogen and oxygen atoms in total. The first-order chi connectivity index (χ1) is 15.8. The largest absolute Gasteiger partial charge is 0.494 e. The predicted molar refractivity (Wildman–Crippen MR) is 132 cm³/mol. The second kappa shape index (κ2) is 11.4. The summed E-state index contributed by atoms with van der Waals surface area (Å²) < 4.78 is 15.8. The van der Waals surface area contributed by atoms with Crippen molar-refractivity contribution in [3.63, 3.8) is 0 Å². The van der Waals surface area contributed by atoms with Crippen LogP contribution in [0.15, 0.2) is 29.1 Å². The quantitative estimate of drug-likeness (QED) is 0.308. The number of esters is 1. The Balaban J connectivity index is 1.81. The SMILES string of the molecule is COCCOC(=O)c1sc2nc(/C(Cl)=C/c3ccc(OCCC(C)C)cc3)[nH]c(=O)c2c1C. The number of methoxy groups -OCH3 is 1. The number of aromatic amines is 1. The van der Waals surface area contributed by atoms with Crippen molar-refractivity contribution in [3.05, 3.63) is 56.4 Å². The number of aryl methyl sites for hydroxylation is 1. The van der Waals surface area contributed by atoms with E-state index in [1.54, 1.807) is 13.0 Å². The maximum atomic E-state index is 12.7. The fourth-order valence-electron chi connectivity index (χ4n) is 3.02. The number of hydrogen-bond acceptors (Lipinski definition) is 7. The summed E-state index contributed by atoms with van der Waals surface area (Å²) in [6, 6.07) is 7.51. The zero-order valence-corrected chi connectivity index (χ0v) is 20.6. The summed E-state index contributed by atoms with van der Waals surface area (Å²) in [7, 11) is 1.52. The molecular formula is C24H27ClN2O5S. The van der Waals surface area contributed by atoms with Crippen molar-refractivity contribution >= 4 is 50.2 Å². The van der Waals surface area contributed by atoms with Gasteiger partial charge in [0.1, 0.15) is 22.1 Å². The van der Waals surface area contributed by atoms with E-state index in [0.717, 1.165) is 29.1 Å². The number of rotatable bonds is 10. The van der Waals surface area contributed by atoms with E-state index >= 15 is 0 Å². The highest BCUT2D eigenvalue weighted by Gasteiger charge is 2.21. The Morgan fingerprint density at radius 1 is 1.21 bits per heavy atom. The molecule has 0 aliphatic carbocycles. The zero-order valence-electron chi connectivity index (χ0n) is 19.1. The van der Waals surface area contributed by atoms with Gasteiger partial charge in [-0.25, -0.2) is 9.78 Å². The van der Waals surface area contributed by atoms with Crippen molar-refractivity contribution in [2.24, 2.45) is 5.92 Å². The highest BCUT2D eigenvalue weighted by Crippen LogP contribution is 2.29.